The maximum absolute atomic E-state index is 2.47. The van der Waals surface area contributed by atoms with Gasteiger partial charge in [-0.2, -0.15) is 0 Å². The Balaban J connectivity index is 2.04. The molecule has 15 heavy (non-hydrogen) atoms. The van der Waals surface area contributed by atoms with Crippen LogP contribution in [0.2, 0.25) is 0 Å². The second-order valence-corrected chi connectivity index (χ2v) is 5.57. The summed E-state index contributed by atoms with van der Waals surface area (Å²) in [6.07, 6.45) is 1.28. The van der Waals surface area contributed by atoms with E-state index in [1.54, 1.807) is 0 Å². The van der Waals surface area contributed by atoms with Crippen molar-refractivity contribution in [1.82, 2.24) is 4.90 Å². The average Bonchev–Trinajstić information content (AvgIpc) is 2.68. The molecular formula is C12H17IN2. The van der Waals surface area contributed by atoms with Gasteiger partial charge in [-0.25, -0.2) is 0 Å². The van der Waals surface area contributed by atoms with Crippen molar-refractivity contribution in [1.29, 1.82) is 0 Å². The summed E-state index contributed by atoms with van der Waals surface area (Å²) in [6.45, 7) is 2.34. The van der Waals surface area contributed by atoms with Gasteiger partial charge in [-0.1, -0.05) is 0 Å². The van der Waals surface area contributed by atoms with Crippen LogP contribution < -0.4 is 4.90 Å². The summed E-state index contributed by atoms with van der Waals surface area (Å²) in [6, 6.07) is 9.52. The van der Waals surface area contributed by atoms with Crippen LogP contribution in [0.5, 0.6) is 0 Å². The van der Waals surface area contributed by atoms with Crippen molar-refractivity contribution >= 4 is 28.3 Å². The number of hydrogen-bond acceptors (Lipinski definition) is 2. The second-order valence-electron chi connectivity index (χ2n) is 4.33. The number of likely N-dealkylation sites (N-methyl/N-ethyl adjacent to an activating group) is 1. The summed E-state index contributed by atoms with van der Waals surface area (Å²) in [4.78, 5) is 4.80. The first-order chi connectivity index (χ1) is 7.16. The smallest absolute Gasteiger partial charge is 0.0367 e. The zero-order valence-corrected chi connectivity index (χ0v) is 11.4. The molecule has 2 nitrogen and oxygen atoms in total. The topological polar surface area (TPSA) is 6.48 Å². The van der Waals surface area contributed by atoms with E-state index < -0.39 is 0 Å². The summed E-state index contributed by atoms with van der Waals surface area (Å²) >= 11 is 2.35. The van der Waals surface area contributed by atoms with E-state index in [0.717, 1.165) is 6.54 Å². The fraction of sp³-hybridized carbons (Fsp3) is 0.500. The Hall–Kier alpha value is -0.290. The molecule has 0 spiro atoms. The van der Waals surface area contributed by atoms with Gasteiger partial charge < -0.3 is 9.80 Å². The lowest BCUT2D eigenvalue weighted by Gasteiger charge is -2.21. The standard InChI is InChI=1S/C12H17IN2/c1-14(2)12-7-8-15(9-12)11-5-3-10(13)4-6-11/h3-6,12H,7-9H2,1-2H3/t12-/m1/s1. The molecule has 3 heteroatoms. The molecule has 2 rings (SSSR count). The molecule has 0 bridgehead atoms. The first-order valence-electron chi connectivity index (χ1n) is 5.34. The number of halogens is 1. The molecule has 0 radical (unpaired) electrons. The highest BCUT2D eigenvalue weighted by Crippen LogP contribution is 2.22. The largest absolute Gasteiger partial charge is 0.370 e. The van der Waals surface area contributed by atoms with E-state index in [1.165, 1.54) is 22.2 Å². The van der Waals surface area contributed by atoms with Gasteiger partial charge in [0.2, 0.25) is 0 Å². The number of benzene rings is 1. The minimum Gasteiger partial charge on any atom is -0.370 e. The van der Waals surface area contributed by atoms with Crippen LogP contribution in [0.15, 0.2) is 24.3 Å². The molecule has 82 valence electrons. The molecule has 0 aromatic heterocycles. The summed E-state index contributed by atoms with van der Waals surface area (Å²) in [5, 5.41) is 0. The lowest BCUT2D eigenvalue weighted by atomic mass is 10.2. The van der Waals surface area contributed by atoms with Crippen LogP contribution in [0.4, 0.5) is 5.69 Å². The molecule has 0 aliphatic carbocycles. The van der Waals surface area contributed by atoms with E-state index in [4.69, 9.17) is 0 Å². The predicted molar refractivity (Wildman–Crippen MR) is 73.5 cm³/mol. The summed E-state index contributed by atoms with van der Waals surface area (Å²) in [5.74, 6) is 0. The van der Waals surface area contributed by atoms with Gasteiger partial charge in [-0.15, -0.1) is 0 Å². The highest BCUT2D eigenvalue weighted by Gasteiger charge is 2.23. The lowest BCUT2D eigenvalue weighted by Crippen LogP contribution is -2.31. The monoisotopic (exact) mass is 316 g/mol. The Morgan fingerprint density at radius 1 is 1.27 bits per heavy atom. The molecule has 1 aliphatic heterocycles. The second kappa shape index (κ2) is 4.70. The van der Waals surface area contributed by atoms with Crippen molar-refractivity contribution in [3.8, 4) is 0 Å². The van der Waals surface area contributed by atoms with E-state index in [-0.39, 0.29) is 0 Å². The van der Waals surface area contributed by atoms with Gasteiger partial charge in [-0.3, -0.25) is 0 Å². The Morgan fingerprint density at radius 3 is 2.47 bits per heavy atom. The van der Waals surface area contributed by atoms with Crippen LogP contribution in [-0.2, 0) is 0 Å². The molecule has 1 aromatic carbocycles. The van der Waals surface area contributed by atoms with Crippen LogP contribution in [0.3, 0.4) is 0 Å². The van der Waals surface area contributed by atoms with Gasteiger partial charge in [0.05, 0.1) is 0 Å². The molecule has 1 aliphatic rings. The number of anilines is 1. The normalized spacial score (nSPS) is 21.3. The van der Waals surface area contributed by atoms with Crippen LogP contribution in [0.25, 0.3) is 0 Å². The Kier molecular flexibility index (Phi) is 3.51. The third kappa shape index (κ3) is 2.64. The van der Waals surface area contributed by atoms with E-state index in [2.05, 4.69) is 70.8 Å². The summed E-state index contributed by atoms with van der Waals surface area (Å²) in [5.41, 5.74) is 1.36. The van der Waals surface area contributed by atoms with Crippen molar-refractivity contribution in [3.05, 3.63) is 27.8 Å². The predicted octanol–water partition coefficient (Wildman–Crippen LogP) is 2.43. The van der Waals surface area contributed by atoms with Gasteiger partial charge in [0.1, 0.15) is 0 Å². The third-order valence-electron chi connectivity index (χ3n) is 3.09. The van der Waals surface area contributed by atoms with Gasteiger partial charge in [-0.05, 0) is 67.4 Å². The molecule has 0 N–H and O–H groups in total. The Labute approximate surface area is 105 Å². The average molecular weight is 316 g/mol. The van der Waals surface area contributed by atoms with Gasteiger partial charge in [0, 0.05) is 28.4 Å². The van der Waals surface area contributed by atoms with E-state index in [9.17, 15) is 0 Å². The molecular weight excluding hydrogens is 299 g/mol. The summed E-state index contributed by atoms with van der Waals surface area (Å²) in [7, 11) is 4.34. The highest BCUT2D eigenvalue weighted by atomic mass is 127. The van der Waals surface area contributed by atoms with Crippen molar-refractivity contribution in [2.45, 2.75) is 12.5 Å². The van der Waals surface area contributed by atoms with Crippen molar-refractivity contribution in [2.24, 2.45) is 0 Å². The quantitative estimate of drug-likeness (QED) is 0.773. The maximum atomic E-state index is 2.47. The van der Waals surface area contributed by atoms with Crippen LogP contribution in [0.1, 0.15) is 6.42 Å². The van der Waals surface area contributed by atoms with Crippen molar-refractivity contribution in [3.63, 3.8) is 0 Å². The molecule has 1 heterocycles. The first-order valence-corrected chi connectivity index (χ1v) is 6.41. The SMILES string of the molecule is CN(C)[C@@H]1CCN(c2ccc(I)cc2)C1. The number of hydrogen-bond donors (Lipinski definition) is 0. The van der Waals surface area contributed by atoms with Crippen LogP contribution in [0, 0.1) is 3.57 Å². The Bertz CT molecular complexity index is 321. The molecule has 0 saturated carbocycles. The highest BCUT2D eigenvalue weighted by molar-refractivity contribution is 14.1. The van der Waals surface area contributed by atoms with E-state index in [0.29, 0.717) is 6.04 Å². The van der Waals surface area contributed by atoms with Crippen LogP contribution >= 0.6 is 22.6 Å². The maximum Gasteiger partial charge on any atom is 0.0367 e. The fourth-order valence-electron chi connectivity index (χ4n) is 2.05. The molecule has 1 atom stereocenters. The fourth-order valence-corrected chi connectivity index (χ4v) is 2.41. The van der Waals surface area contributed by atoms with Crippen molar-refractivity contribution < 1.29 is 0 Å². The third-order valence-corrected chi connectivity index (χ3v) is 3.80. The zero-order valence-electron chi connectivity index (χ0n) is 9.28. The van der Waals surface area contributed by atoms with Gasteiger partial charge >= 0.3 is 0 Å². The van der Waals surface area contributed by atoms with Crippen molar-refractivity contribution in [2.75, 3.05) is 32.1 Å². The lowest BCUT2D eigenvalue weighted by molar-refractivity contribution is 0.315. The molecule has 1 fully saturated rings. The van der Waals surface area contributed by atoms with Gasteiger partial charge in [0.25, 0.3) is 0 Å². The number of rotatable bonds is 2. The minimum absolute atomic E-state index is 0.712. The van der Waals surface area contributed by atoms with E-state index in [1.807, 2.05) is 0 Å². The van der Waals surface area contributed by atoms with Crippen LogP contribution in [-0.4, -0.2) is 38.1 Å². The molecule has 1 aromatic rings. The zero-order chi connectivity index (χ0) is 10.8. The summed E-state index contributed by atoms with van der Waals surface area (Å²) < 4.78 is 1.31. The minimum atomic E-state index is 0.712. The molecule has 0 unspecified atom stereocenters. The van der Waals surface area contributed by atoms with E-state index >= 15 is 0 Å². The number of nitrogens with zero attached hydrogens (tertiary/aromatic N) is 2. The molecule has 1 saturated heterocycles. The first kappa shape index (κ1) is 11.2. The van der Waals surface area contributed by atoms with Gasteiger partial charge in [0.15, 0.2) is 0 Å². The molecule has 0 amide bonds. The Morgan fingerprint density at radius 2 is 1.93 bits per heavy atom.